The normalized spacial score (nSPS) is 14.2. The van der Waals surface area contributed by atoms with Gasteiger partial charge in [-0.1, -0.05) is 91.3 Å². The van der Waals surface area contributed by atoms with Crippen LogP contribution in [0.25, 0.3) is 0 Å². The van der Waals surface area contributed by atoms with E-state index >= 15 is 0 Å². The van der Waals surface area contributed by atoms with Crippen molar-refractivity contribution in [1.82, 2.24) is 14.8 Å². The third-order valence-corrected chi connectivity index (χ3v) is 8.09. The van der Waals surface area contributed by atoms with Crippen molar-refractivity contribution in [3.8, 4) is 11.5 Å². The lowest BCUT2D eigenvalue weighted by atomic mass is 9.95. The Hall–Kier alpha value is -3.95. The molecule has 0 saturated carbocycles. The van der Waals surface area contributed by atoms with Crippen LogP contribution in [0.3, 0.4) is 0 Å². The van der Waals surface area contributed by atoms with Gasteiger partial charge in [0, 0.05) is 16.5 Å². The molecule has 218 valence electrons. The van der Waals surface area contributed by atoms with Gasteiger partial charge in [0.2, 0.25) is 11.1 Å². The summed E-state index contributed by atoms with van der Waals surface area (Å²) in [5.74, 6) is 1.91. The molecule has 10 heteroatoms. The topological polar surface area (TPSA) is 87.5 Å². The summed E-state index contributed by atoms with van der Waals surface area (Å²) < 4.78 is 19.2. The van der Waals surface area contributed by atoms with Crippen molar-refractivity contribution >= 4 is 35.3 Å². The number of nitrogens with one attached hydrogen (secondary N) is 1. The predicted molar refractivity (Wildman–Crippen MR) is 165 cm³/mol. The van der Waals surface area contributed by atoms with Crippen LogP contribution in [0.4, 0.5) is 5.95 Å². The molecular weight excluding hydrogens is 572 g/mol. The van der Waals surface area contributed by atoms with Crippen LogP contribution < -0.4 is 14.8 Å². The molecule has 8 nitrogen and oxygen atoms in total. The van der Waals surface area contributed by atoms with Gasteiger partial charge in [-0.05, 0) is 48.2 Å². The lowest BCUT2D eigenvalue weighted by Crippen LogP contribution is -2.29. The Balaban J connectivity index is 1.48. The second-order valence-corrected chi connectivity index (χ2v) is 11.1. The van der Waals surface area contributed by atoms with Crippen molar-refractivity contribution in [3.05, 3.63) is 106 Å². The van der Waals surface area contributed by atoms with Gasteiger partial charge >= 0.3 is 5.97 Å². The first kappa shape index (κ1) is 29.5. The van der Waals surface area contributed by atoms with Gasteiger partial charge in [0.15, 0.2) is 11.5 Å². The molecule has 0 radical (unpaired) electrons. The fraction of sp³-hybridized carbons (Fsp3) is 0.281. The maximum Gasteiger partial charge on any atom is 0.338 e. The number of thioether (sulfide) groups is 1. The summed E-state index contributed by atoms with van der Waals surface area (Å²) in [6, 6.07) is 22.4. The largest absolute Gasteiger partial charge is 0.493 e. The van der Waals surface area contributed by atoms with E-state index in [1.54, 1.807) is 11.8 Å². The number of hydrogen-bond donors (Lipinski definition) is 1. The number of nitrogens with zero attached hydrogens (tertiary/aromatic N) is 3. The van der Waals surface area contributed by atoms with Crippen molar-refractivity contribution in [2.75, 3.05) is 19.0 Å². The number of anilines is 1. The molecule has 0 fully saturated rings. The van der Waals surface area contributed by atoms with Gasteiger partial charge < -0.3 is 19.5 Å². The molecule has 0 amide bonds. The number of carbonyl (C=O) groups is 1. The third-order valence-electron chi connectivity index (χ3n) is 6.84. The molecular formula is C32H33ClN4O4S. The first-order valence-electron chi connectivity index (χ1n) is 13.8. The Labute approximate surface area is 255 Å². The number of esters is 1. The molecule has 3 aromatic carbocycles. The van der Waals surface area contributed by atoms with Crippen molar-refractivity contribution in [2.24, 2.45) is 0 Å². The second kappa shape index (κ2) is 13.8. The fourth-order valence-corrected chi connectivity index (χ4v) is 5.74. The first-order chi connectivity index (χ1) is 20.5. The van der Waals surface area contributed by atoms with Crippen LogP contribution in [-0.2, 0) is 21.9 Å². The standard InChI is InChI=1S/C32H33ClN4O4S/c1-4-5-17-40-26-16-15-23(18-27(26)39-3)29-28(30(38)41-19-22-11-7-6-8-12-22)21(2)34-31-35-32(36-37(29)31)42-20-24-13-9-10-14-25(24)33/h6-16,18,29H,4-5,17,19-20H2,1-3H3,(H,34,35,36). The van der Waals surface area contributed by atoms with Gasteiger partial charge in [0.1, 0.15) is 12.6 Å². The van der Waals surface area contributed by atoms with Gasteiger partial charge in [0.05, 0.1) is 19.3 Å². The van der Waals surface area contributed by atoms with E-state index < -0.39 is 12.0 Å². The fourth-order valence-electron chi connectivity index (χ4n) is 4.62. The Morgan fingerprint density at radius 1 is 1.07 bits per heavy atom. The molecule has 0 aliphatic carbocycles. The third kappa shape index (κ3) is 6.74. The summed E-state index contributed by atoms with van der Waals surface area (Å²) >= 11 is 7.84. The van der Waals surface area contributed by atoms with Crippen LogP contribution in [0.5, 0.6) is 11.5 Å². The maximum atomic E-state index is 13.7. The number of ether oxygens (including phenoxy) is 3. The van der Waals surface area contributed by atoms with Crippen molar-refractivity contribution in [3.63, 3.8) is 0 Å². The van der Waals surface area contributed by atoms with E-state index in [0.717, 1.165) is 29.5 Å². The lowest BCUT2D eigenvalue weighted by Gasteiger charge is -2.28. The Morgan fingerprint density at radius 3 is 2.62 bits per heavy atom. The number of aromatic nitrogens is 3. The number of rotatable bonds is 12. The SMILES string of the molecule is CCCCOc1ccc(C2C(C(=O)OCc3ccccc3)=C(C)Nc3nc(SCc4ccccc4Cl)nn32)cc1OC. The number of unbranched alkanes of at least 4 members (excludes halogenated alkanes) is 1. The summed E-state index contributed by atoms with van der Waals surface area (Å²) in [7, 11) is 1.61. The minimum atomic E-state index is -0.606. The van der Waals surface area contributed by atoms with Gasteiger partial charge in [0.25, 0.3) is 0 Å². The van der Waals surface area contributed by atoms with Crippen LogP contribution >= 0.6 is 23.4 Å². The molecule has 1 aromatic heterocycles. The molecule has 1 aliphatic heterocycles. The van der Waals surface area contributed by atoms with Crippen molar-refractivity contribution in [1.29, 1.82) is 0 Å². The quantitative estimate of drug-likeness (QED) is 0.101. The molecule has 0 saturated heterocycles. The number of halogens is 1. The van der Waals surface area contributed by atoms with E-state index in [1.807, 2.05) is 79.7 Å². The Morgan fingerprint density at radius 2 is 1.86 bits per heavy atom. The summed E-state index contributed by atoms with van der Waals surface area (Å²) in [6.07, 6.45) is 1.97. The van der Waals surface area contributed by atoms with Gasteiger partial charge in [-0.15, -0.1) is 5.10 Å². The molecule has 1 atom stereocenters. The number of carbonyl (C=O) groups excluding carboxylic acids is 1. The molecule has 0 bridgehead atoms. The Kier molecular flexibility index (Phi) is 9.71. The van der Waals surface area contributed by atoms with E-state index in [-0.39, 0.29) is 6.61 Å². The smallest absolute Gasteiger partial charge is 0.338 e. The summed E-state index contributed by atoms with van der Waals surface area (Å²) in [5, 5.41) is 9.34. The van der Waals surface area contributed by atoms with E-state index in [1.165, 1.54) is 11.8 Å². The molecule has 4 aromatic rings. The first-order valence-corrected chi connectivity index (χ1v) is 15.2. The highest BCUT2D eigenvalue weighted by Crippen LogP contribution is 2.40. The summed E-state index contributed by atoms with van der Waals surface area (Å²) in [6.45, 7) is 4.71. The Bertz CT molecular complexity index is 1570. The number of hydrogen-bond acceptors (Lipinski definition) is 8. The van der Waals surface area contributed by atoms with Crippen LogP contribution in [-0.4, -0.2) is 34.5 Å². The second-order valence-electron chi connectivity index (χ2n) is 9.78. The number of benzene rings is 3. The highest BCUT2D eigenvalue weighted by molar-refractivity contribution is 7.98. The van der Waals surface area contributed by atoms with Crippen molar-refractivity contribution < 1.29 is 19.0 Å². The van der Waals surface area contributed by atoms with E-state index in [0.29, 0.717) is 51.3 Å². The molecule has 0 spiro atoms. The van der Waals surface area contributed by atoms with Gasteiger partial charge in [-0.25, -0.2) is 9.48 Å². The van der Waals surface area contributed by atoms with Crippen molar-refractivity contribution in [2.45, 2.75) is 50.2 Å². The zero-order valence-electron chi connectivity index (χ0n) is 23.8. The number of allylic oxidation sites excluding steroid dienone is 1. The van der Waals surface area contributed by atoms with Crippen LogP contribution in [0, 0.1) is 0 Å². The predicted octanol–water partition coefficient (Wildman–Crippen LogP) is 7.44. The average Bonchev–Trinajstić information content (AvgIpc) is 3.42. The number of fused-ring (bicyclic) bond motifs is 1. The van der Waals surface area contributed by atoms with Crippen LogP contribution in [0.2, 0.25) is 5.02 Å². The highest BCUT2D eigenvalue weighted by Gasteiger charge is 2.36. The van der Waals surface area contributed by atoms with Gasteiger partial charge in [-0.3, -0.25) is 0 Å². The zero-order chi connectivity index (χ0) is 29.5. The molecule has 42 heavy (non-hydrogen) atoms. The molecule has 1 unspecified atom stereocenters. The summed E-state index contributed by atoms with van der Waals surface area (Å²) in [5.41, 5.74) is 3.76. The van der Waals surface area contributed by atoms with E-state index in [9.17, 15) is 4.79 Å². The monoisotopic (exact) mass is 604 g/mol. The minimum absolute atomic E-state index is 0.153. The van der Waals surface area contributed by atoms with Gasteiger partial charge in [-0.2, -0.15) is 4.98 Å². The van der Waals surface area contributed by atoms with Crippen LogP contribution in [0.1, 0.15) is 49.4 Å². The van der Waals surface area contributed by atoms with E-state index in [4.69, 9.17) is 35.9 Å². The average molecular weight is 605 g/mol. The molecule has 1 N–H and O–H groups in total. The van der Waals surface area contributed by atoms with E-state index in [2.05, 4.69) is 12.2 Å². The highest BCUT2D eigenvalue weighted by atomic mass is 35.5. The summed E-state index contributed by atoms with van der Waals surface area (Å²) in [4.78, 5) is 18.4. The lowest BCUT2D eigenvalue weighted by molar-refractivity contribution is -0.140. The molecule has 2 heterocycles. The number of methoxy groups -OCH3 is 1. The zero-order valence-corrected chi connectivity index (χ0v) is 25.4. The molecule has 1 aliphatic rings. The minimum Gasteiger partial charge on any atom is -0.493 e. The molecule has 5 rings (SSSR count). The maximum absolute atomic E-state index is 13.7. The van der Waals surface area contributed by atoms with Crippen LogP contribution in [0.15, 0.2) is 89.2 Å².